The maximum atomic E-state index is 12.8. The Hall–Kier alpha value is -1.59. The standard InChI is InChI=1S/C22H42N6O4/c1-3-19(2)24-16-20(29)25-21(30)18-28(11-10-27-12-14-32-15-13-27)22(31)17-23-6-9-26-7-4-5-8-26/h19,23-24H,3-18H2,1-2H3,(H,25,29,30)/t19-/m0/s1. The molecule has 0 saturated carbocycles. The molecule has 10 heteroatoms. The fourth-order valence-electron chi connectivity index (χ4n) is 3.75. The molecule has 2 aliphatic rings. The van der Waals surface area contributed by atoms with E-state index in [9.17, 15) is 14.4 Å². The van der Waals surface area contributed by atoms with Crippen molar-refractivity contribution in [2.75, 3.05) is 85.2 Å². The highest BCUT2D eigenvalue weighted by atomic mass is 16.5. The molecule has 3 N–H and O–H groups in total. The lowest BCUT2D eigenvalue weighted by atomic mass is 10.2. The van der Waals surface area contributed by atoms with Crippen molar-refractivity contribution in [2.24, 2.45) is 0 Å². The van der Waals surface area contributed by atoms with Crippen LogP contribution in [0.25, 0.3) is 0 Å². The molecule has 32 heavy (non-hydrogen) atoms. The number of rotatable bonds is 14. The summed E-state index contributed by atoms with van der Waals surface area (Å²) in [5, 5.41) is 8.66. The van der Waals surface area contributed by atoms with E-state index in [4.69, 9.17) is 4.74 Å². The number of amides is 3. The number of hydrogen-bond acceptors (Lipinski definition) is 8. The van der Waals surface area contributed by atoms with E-state index in [-0.39, 0.29) is 37.5 Å². The Labute approximate surface area is 192 Å². The average molecular weight is 455 g/mol. The van der Waals surface area contributed by atoms with Crippen LogP contribution < -0.4 is 16.0 Å². The second-order valence-corrected chi connectivity index (χ2v) is 8.66. The predicted octanol–water partition coefficient (Wildman–Crippen LogP) is -1.14. The Morgan fingerprint density at radius 2 is 1.66 bits per heavy atom. The smallest absolute Gasteiger partial charge is 0.246 e. The highest BCUT2D eigenvalue weighted by Gasteiger charge is 2.20. The van der Waals surface area contributed by atoms with Gasteiger partial charge in [-0.1, -0.05) is 6.92 Å². The number of imide groups is 1. The van der Waals surface area contributed by atoms with Crippen LogP contribution in [0.3, 0.4) is 0 Å². The van der Waals surface area contributed by atoms with E-state index in [0.29, 0.717) is 26.3 Å². The number of morpholine rings is 1. The number of ether oxygens (including phenoxy) is 1. The van der Waals surface area contributed by atoms with E-state index in [2.05, 4.69) is 25.8 Å². The predicted molar refractivity (Wildman–Crippen MR) is 123 cm³/mol. The molecule has 2 fully saturated rings. The molecule has 2 rings (SSSR count). The molecule has 0 radical (unpaired) electrons. The van der Waals surface area contributed by atoms with E-state index in [1.165, 1.54) is 12.8 Å². The number of carbonyl (C=O) groups is 3. The number of nitrogens with one attached hydrogen (secondary N) is 3. The van der Waals surface area contributed by atoms with Gasteiger partial charge in [0.1, 0.15) is 6.54 Å². The van der Waals surface area contributed by atoms with Gasteiger partial charge >= 0.3 is 0 Å². The summed E-state index contributed by atoms with van der Waals surface area (Å²) in [6.45, 7) is 12.2. The van der Waals surface area contributed by atoms with Crippen molar-refractivity contribution in [3.8, 4) is 0 Å². The molecule has 0 aromatic heterocycles. The lowest BCUT2D eigenvalue weighted by Gasteiger charge is -2.30. The molecule has 0 aromatic rings. The van der Waals surface area contributed by atoms with Gasteiger partial charge in [0.25, 0.3) is 0 Å². The Balaban J connectivity index is 1.78. The van der Waals surface area contributed by atoms with Gasteiger partial charge in [0.05, 0.1) is 26.3 Å². The highest BCUT2D eigenvalue weighted by molar-refractivity contribution is 5.98. The van der Waals surface area contributed by atoms with E-state index >= 15 is 0 Å². The van der Waals surface area contributed by atoms with Gasteiger partial charge in [-0.05, 0) is 39.3 Å². The van der Waals surface area contributed by atoms with Gasteiger partial charge < -0.3 is 25.2 Å². The lowest BCUT2D eigenvalue weighted by molar-refractivity contribution is -0.138. The molecule has 10 nitrogen and oxygen atoms in total. The number of nitrogens with zero attached hydrogens (tertiary/aromatic N) is 3. The third kappa shape index (κ3) is 10.8. The first-order valence-corrected chi connectivity index (χ1v) is 12.0. The number of hydrogen-bond donors (Lipinski definition) is 3. The van der Waals surface area contributed by atoms with Crippen molar-refractivity contribution in [3.05, 3.63) is 0 Å². The van der Waals surface area contributed by atoms with E-state index < -0.39 is 5.91 Å². The molecular formula is C22H42N6O4. The normalized spacial score (nSPS) is 18.4. The van der Waals surface area contributed by atoms with Crippen LogP contribution in [-0.2, 0) is 19.1 Å². The van der Waals surface area contributed by atoms with Crippen LogP contribution in [0.4, 0.5) is 0 Å². The first-order chi connectivity index (χ1) is 15.5. The van der Waals surface area contributed by atoms with Gasteiger partial charge in [-0.3, -0.25) is 24.6 Å². The fourth-order valence-corrected chi connectivity index (χ4v) is 3.75. The lowest BCUT2D eigenvalue weighted by Crippen LogP contribution is -2.50. The SMILES string of the molecule is CC[C@H](C)NCC(=O)NC(=O)CN(CCN1CCOCC1)C(=O)CNCCN1CCCC1. The maximum absolute atomic E-state index is 12.8. The maximum Gasteiger partial charge on any atom is 0.246 e. The minimum atomic E-state index is -0.451. The summed E-state index contributed by atoms with van der Waals surface area (Å²) in [5.41, 5.74) is 0. The second kappa shape index (κ2) is 15.3. The van der Waals surface area contributed by atoms with Crippen LogP contribution in [0.15, 0.2) is 0 Å². The molecular weight excluding hydrogens is 412 g/mol. The molecule has 0 unspecified atom stereocenters. The van der Waals surface area contributed by atoms with Crippen molar-refractivity contribution >= 4 is 17.7 Å². The van der Waals surface area contributed by atoms with Gasteiger partial charge in [-0.15, -0.1) is 0 Å². The summed E-state index contributed by atoms with van der Waals surface area (Å²) in [6.07, 6.45) is 3.39. The molecule has 1 atom stereocenters. The van der Waals surface area contributed by atoms with Crippen molar-refractivity contribution in [3.63, 3.8) is 0 Å². The summed E-state index contributed by atoms with van der Waals surface area (Å²) in [5.74, 6) is -0.951. The van der Waals surface area contributed by atoms with Crippen LogP contribution in [0.2, 0.25) is 0 Å². The number of carbonyl (C=O) groups excluding carboxylic acids is 3. The molecule has 2 aliphatic heterocycles. The Morgan fingerprint density at radius 3 is 2.34 bits per heavy atom. The van der Waals surface area contributed by atoms with Crippen LogP contribution in [0.1, 0.15) is 33.1 Å². The molecule has 0 aliphatic carbocycles. The summed E-state index contributed by atoms with van der Waals surface area (Å²) < 4.78 is 5.37. The summed E-state index contributed by atoms with van der Waals surface area (Å²) in [7, 11) is 0. The Kier molecular flexibility index (Phi) is 12.7. The third-order valence-electron chi connectivity index (χ3n) is 6.06. The van der Waals surface area contributed by atoms with Gasteiger partial charge in [0.2, 0.25) is 17.7 Å². The third-order valence-corrected chi connectivity index (χ3v) is 6.06. The molecule has 184 valence electrons. The zero-order valence-electron chi connectivity index (χ0n) is 19.9. The molecule has 0 aromatic carbocycles. The van der Waals surface area contributed by atoms with Crippen molar-refractivity contribution in [1.82, 2.24) is 30.7 Å². The number of likely N-dealkylation sites (tertiary alicyclic amines) is 1. The zero-order valence-corrected chi connectivity index (χ0v) is 19.9. The molecule has 0 spiro atoms. The first-order valence-electron chi connectivity index (χ1n) is 12.0. The van der Waals surface area contributed by atoms with Crippen LogP contribution in [0.5, 0.6) is 0 Å². The molecule has 2 saturated heterocycles. The van der Waals surface area contributed by atoms with Crippen molar-refractivity contribution in [2.45, 2.75) is 39.2 Å². The minimum Gasteiger partial charge on any atom is -0.379 e. The monoisotopic (exact) mass is 454 g/mol. The zero-order chi connectivity index (χ0) is 23.2. The Morgan fingerprint density at radius 1 is 0.969 bits per heavy atom. The second-order valence-electron chi connectivity index (χ2n) is 8.66. The van der Waals surface area contributed by atoms with Gasteiger partial charge in [-0.25, -0.2) is 0 Å². The topological polar surface area (TPSA) is 106 Å². The van der Waals surface area contributed by atoms with Gasteiger partial charge in [0.15, 0.2) is 0 Å². The van der Waals surface area contributed by atoms with E-state index in [0.717, 1.165) is 45.7 Å². The molecule has 0 bridgehead atoms. The van der Waals surface area contributed by atoms with Crippen molar-refractivity contribution < 1.29 is 19.1 Å². The molecule has 3 amide bonds. The van der Waals surface area contributed by atoms with Gasteiger partial charge in [-0.2, -0.15) is 0 Å². The largest absolute Gasteiger partial charge is 0.379 e. The van der Waals surface area contributed by atoms with E-state index in [1.54, 1.807) is 4.90 Å². The van der Waals surface area contributed by atoms with Gasteiger partial charge in [0, 0.05) is 45.3 Å². The minimum absolute atomic E-state index is 0.0839. The van der Waals surface area contributed by atoms with E-state index in [1.807, 2.05) is 13.8 Å². The van der Waals surface area contributed by atoms with Crippen molar-refractivity contribution in [1.29, 1.82) is 0 Å². The summed E-state index contributed by atoms with van der Waals surface area (Å²) in [6, 6.07) is 0.203. The Bertz CT molecular complexity index is 579. The summed E-state index contributed by atoms with van der Waals surface area (Å²) >= 11 is 0. The first kappa shape index (κ1) is 26.7. The average Bonchev–Trinajstić information content (AvgIpc) is 3.32. The molecule has 2 heterocycles. The fraction of sp³-hybridized carbons (Fsp3) is 0.864. The summed E-state index contributed by atoms with van der Waals surface area (Å²) in [4.78, 5) is 43.4. The van der Waals surface area contributed by atoms with Crippen LogP contribution in [0, 0.1) is 0 Å². The van der Waals surface area contributed by atoms with Crippen LogP contribution in [-0.4, -0.2) is 124 Å². The van der Waals surface area contributed by atoms with Crippen LogP contribution >= 0.6 is 0 Å². The highest BCUT2D eigenvalue weighted by Crippen LogP contribution is 2.05. The quantitative estimate of drug-likeness (QED) is 0.283.